The first kappa shape index (κ1) is 19.9. The number of hydrogen-bond acceptors (Lipinski definition) is 3. The number of rotatable bonds is 5. The fourth-order valence-electron chi connectivity index (χ4n) is 4.03. The molecule has 6 heteroatoms. The van der Waals surface area contributed by atoms with Crippen LogP contribution in [-0.4, -0.2) is 59.2 Å². The van der Waals surface area contributed by atoms with Crippen molar-refractivity contribution in [1.29, 1.82) is 0 Å². The van der Waals surface area contributed by atoms with Gasteiger partial charge in [-0.3, -0.25) is 14.5 Å². The van der Waals surface area contributed by atoms with E-state index in [4.69, 9.17) is 11.6 Å². The van der Waals surface area contributed by atoms with Crippen LogP contribution in [-0.2, 0) is 17.9 Å². The van der Waals surface area contributed by atoms with Crippen LogP contribution in [0, 0.1) is 0 Å². The predicted molar refractivity (Wildman–Crippen MR) is 114 cm³/mol. The number of piperazine rings is 1. The summed E-state index contributed by atoms with van der Waals surface area (Å²) in [5.41, 5.74) is 2.96. The van der Waals surface area contributed by atoms with E-state index in [2.05, 4.69) is 17.0 Å². The zero-order chi connectivity index (χ0) is 20.2. The van der Waals surface area contributed by atoms with Crippen LogP contribution < -0.4 is 0 Å². The molecule has 2 aliphatic heterocycles. The second kappa shape index (κ2) is 8.97. The number of halogens is 1. The van der Waals surface area contributed by atoms with Crippen molar-refractivity contribution in [2.45, 2.75) is 25.9 Å². The lowest BCUT2D eigenvalue weighted by Gasteiger charge is -2.35. The van der Waals surface area contributed by atoms with Gasteiger partial charge in [0.15, 0.2) is 0 Å². The maximum Gasteiger partial charge on any atom is 0.253 e. The van der Waals surface area contributed by atoms with Crippen molar-refractivity contribution < 1.29 is 9.59 Å². The molecule has 0 N–H and O–H groups in total. The van der Waals surface area contributed by atoms with Crippen molar-refractivity contribution in [2.75, 3.05) is 32.7 Å². The Labute approximate surface area is 176 Å². The van der Waals surface area contributed by atoms with Crippen molar-refractivity contribution in [3.63, 3.8) is 0 Å². The molecule has 4 rings (SSSR count). The zero-order valence-corrected chi connectivity index (χ0v) is 17.3. The number of benzene rings is 2. The summed E-state index contributed by atoms with van der Waals surface area (Å²) < 4.78 is 0. The van der Waals surface area contributed by atoms with E-state index < -0.39 is 0 Å². The lowest BCUT2D eigenvalue weighted by Crippen LogP contribution is -2.48. The average Bonchev–Trinajstić information content (AvgIpc) is 3.14. The van der Waals surface area contributed by atoms with Gasteiger partial charge in [-0.05, 0) is 41.8 Å². The molecular weight excluding hydrogens is 386 g/mol. The molecule has 0 saturated carbocycles. The molecule has 2 heterocycles. The van der Waals surface area contributed by atoms with Crippen LogP contribution in [0.1, 0.15) is 34.3 Å². The highest BCUT2D eigenvalue weighted by atomic mass is 35.5. The third-order valence-corrected chi connectivity index (χ3v) is 5.95. The highest BCUT2D eigenvalue weighted by molar-refractivity contribution is 6.30. The number of carbonyl (C=O) groups excluding carboxylic acids is 2. The van der Waals surface area contributed by atoms with E-state index in [9.17, 15) is 9.59 Å². The van der Waals surface area contributed by atoms with Gasteiger partial charge in [0.25, 0.3) is 5.91 Å². The fourth-order valence-corrected chi connectivity index (χ4v) is 4.16. The quantitative estimate of drug-likeness (QED) is 0.757. The SMILES string of the molecule is O=C1CCCN1Cc1cccc(C(=O)N2CCN(Cc3ccc(Cl)cc3)CC2)c1. The largest absolute Gasteiger partial charge is 0.338 e. The molecule has 0 bridgehead atoms. The first-order valence-electron chi connectivity index (χ1n) is 10.2. The van der Waals surface area contributed by atoms with E-state index in [1.807, 2.05) is 46.2 Å². The molecule has 0 spiro atoms. The van der Waals surface area contributed by atoms with E-state index in [1.165, 1.54) is 5.56 Å². The summed E-state index contributed by atoms with van der Waals surface area (Å²) >= 11 is 5.96. The first-order chi connectivity index (χ1) is 14.1. The number of hydrogen-bond donors (Lipinski definition) is 0. The Hall–Kier alpha value is -2.37. The monoisotopic (exact) mass is 411 g/mol. The van der Waals surface area contributed by atoms with Crippen molar-refractivity contribution >= 4 is 23.4 Å². The van der Waals surface area contributed by atoms with Crippen LogP contribution >= 0.6 is 11.6 Å². The van der Waals surface area contributed by atoms with Gasteiger partial charge in [0, 0.05) is 62.8 Å². The fraction of sp³-hybridized carbons (Fsp3) is 0.391. The molecule has 29 heavy (non-hydrogen) atoms. The minimum absolute atomic E-state index is 0.0748. The van der Waals surface area contributed by atoms with Crippen LogP contribution in [0.15, 0.2) is 48.5 Å². The van der Waals surface area contributed by atoms with Gasteiger partial charge in [-0.25, -0.2) is 0 Å². The highest BCUT2D eigenvalue weighted by Gasteiger charge is 2.23. The third kappa shape index (κ3) is 4.98. The highest BCUT2D eigenvalue weighted by Crippen LogP contribution is 2.17. The summed E-state index contributed by atoms with van der Waals surface area (Å²) in [5.74, 6) is 0.282. The van der Waals surface area contributed by atoms with Gasteiger partial charge >= 0.3 is 0 Å². The Morgan fingerprint density at radius 2 is 1.66 bits per heavy atom. The second-order valence-electron chi connectivity index (χ2n) is 7.81. The lowest BCUT2D eigenvalue weighted by atomic mass is 10.1. The maximum atomic E-state index is 13.0. The first-order valence-corrected chi connectivity index (χ1v) is 10.6. The molecule has 2 aliphatic rings. The molecule has 2 aromatic carbocycles. The number of carbonyl (C=O) groups is 2. The summed E-state index contributed by atoms with van der Waals surface area (Å²) in [6.45, 7) is 5.44. The van der Waals surface area contributed by atoms with Crippen LogP contribution in [0.3, 0.4) is 0 Å². The van der Waals surface area contributed by atoms with Crippen LogP contribution in [0.4, 0.5) is 0 Å². The smallest absolute Gasteiger partial charge is 0.253 e. The number of nitrogens with zero attached hydrogens (tertiary/aromatic N) is 3. The van der Waals surface area contributed by atoms with E-state index in [0.717, 1.165) is 56.3 Å². The molecule has 0 atom stereocenters. The van der Waals surface area contributed by atoms with E-state index in [1.54, 1.807) is 0 Å². The standard InChI is InChI=1S/C23H26ClN3O2/c24-21-8-6-18(7-9-21)16-25-11-13-26(14-12-25)23(29)20-4-1-3-19(15-20)17-27-10-2-5-22(27)28/h1,3-4,6-9,15H,2,5,10-14,16-17H2. The van der Waals surface area contributed by atoms with Gasteiger partial charge in [0.2, 0.25) is 5.91 Å². The summed E-state index contributed by atoms with van der Waals surface area (Å²) in [6.07, 6.45) is 1.57. The predicted octanol–water partition coefficient (Wildman–Crippen LogP) is 3.42. The summed E-state index contributed by atoms with van der Waals surface area (Å²) in [6, 6.07) is 15.7. The minimum Gasteiger partial charge on any atom is -0.338 e. The topological polar surface area (TPSA) is 43.9 Å². The Bertz CT molecular complexity index is 876. The molecule has 0 aromatic heterocycles. The molecule has 0 unspecified atom stereocenters. The zero-order valence-electron chi connectivity index (χ0n) is 16.5. The summed E-state index contributed by atoms with van der Waals surface area (Å²) in [7, 11) is 0. The van der Waals surface area contributed by atoms with Gasteiger partial charge in [-0.1, -0.05) is 35.9 Å². The Kier molecular flexibility index (Phi) is 6.16. The average molecular weight is 412 g/mol. The van der Waals surface area contributed by atoms with E-state index in [-0.39, 0.29) is 11.8 Å². The molecule has 0 aliphatic carbocycles. The van der Waals surface area contributed by atoms with E-state index >= 15 is 0 Å². The van der Waals surface area contributed by atoms with Crippen molar-refractivity contribution in [2.24, 2.45) is 0 Å². The molecule has 2 amide bonds. The van der Waals surface area contributed by atoms with Crippen LogP contribution in [0.5, 0.6) is 0 Å². The molecule has 0 radical (unpaired) electrons. The molecule has 152 valence electrons. The number of amides is 2. The van der Waals surface area contributed by atoms with Crippen LogP contribution in [0.2, 0.25) is 5.02 Å². The van der Waals surface area contributed by atoms with Gasteiger partial charge < -0.3 is 9.80 Å². The summed E-state index contributed by atoms with van der Waals surface area (Å²) in [5, 5.41) is 0.750. The van der Waals surface area contributed by atoms with Crippen molar-refractivity contribution in [1.82, 2.24) is 14.7 Å². The van der Waals surface area contributed by atoms with Gasteiger partial charge in [0.05, 0.1) is 0 Å². The molecule has 5 nitrogen and oxygen atoms in total. The molecule has 2 saturated heterocycles. The normalized spacial score (nSPS) is 17.8. The molecule has 2 aromatic rings. The van der Waals surface area contributed by atoms with Crippen molar-refractivity contribution in [3.05, 3.63) is 70.2 Å². The maximum absolute atomic E-state index is 13.0. The van der Waals surface area contributed by atoms with Crippen molar-refractivity contribution in [3.8, 4) is 0 Å². The third-order valence-electron chi connectivity index (χ3n) is 5.70. The van der Waals surface area contributed by atoms with E-state index in [0.29, 0.717) is 18.5 Å². The van der Waals surface area contributed by atoms with Gasteiger partial charge in [-0.2, -0.15) is 0 Å². The lowest BCUT2D eigenvalue weighted by molar-refractivity contribution is -0.128. The minimum atomic E-state index is 0.0748. The molecular formula is C23H26ClN3O2. The summed E-state index contributed by atoms with van der Waals surface area (Å²) in [4.78, 5) is 31.0. The number of likely N-dealkylation sites (tertiary alicyclic amines) is 1. The van der Waals surface area contributed by atoms with Gasteiger partial charge in [-0.15, -0.1) is 0 Å². The van der Waals surface area contributed by atoms with Gasteiger partial charge in [0.1, 0.15) is 0 Å². The molecule has 2 fully saturated rings. The Morgan fingerprint density at radius 1 is 0.897 bits per heavy atom. The second-order valence-corrected chi connectivity index (χ2v) is 8.25. The Balaban J connectivity index is 1.32. The Morgan fingerprint density at radius 3 is 2.34 bits per heavy atom. The van der Waals surface area contributed by atoms with Crippen LogP contribution in [0.25, 0.3) is 0 Å².